The fourth-order valence-electron chi connectivity index (χ4n) is 7.80. The summed E-state index contributed by atoms with van der Waals surface area (Å²) in [5, 5.41) is 1.92. The van der Waals surface area contributed by atoms with Crippen molar-refractivity contribution in [1.82, 2.24) is 25.2 Å². The van der Waals surface area contributed by atoms with Crippen LogP contribution in [-0.4, -0.2) is 115 Å². The van der Waals surface area contributed by atoms with Gasteiger partial charge in [-0.05, 0) is 37.8 Å². The van der Waals surface area contributed by atoms with Gasteiger partial charge in [0.1, 0.15) is 23.8 Å². The van der Waals surface area contributed by atoms with Crippen molar-refractivity contribution in [3.8, 4) is 0 Å². The highest BCUT2D eigenvalue weighted by molar-refractivity contribution is 5.87. The number of ether oxygens (including phenoxy) is 1. The number of pyridine rings is 1. The van der Waals surface area contributed by atoms with Gasteiger partial charge in [0.2, 0.25) is 5.91 Å². The lowest BCUT2D eigenvalue weighted by molar-refractivity contribution is -0.128. The van der Waals surface area contributed by atoms with Gasteiger partial charge in [0.25, 0.3) is 6.43 Å². The molecule has 12 heteroatoms. The van der Waals surface area contributed by atoms with Crippen LogP contribution >= 0.6 is 0 Å². The van der Waals surface area contributed by atoms with Crippen molar-refractivity contribution < 1.29 is 22.7 Å². The van der Waals surface area contributed by atoms with Crippen molar-refractivity contribution in [3.63, 3.8) is 0 Å². The molecule has 6 aliphatic rings. The normalized spacial score (nSPS) is 29.1. The Labute approximate surface area is 238 Å². The molecule has 4 saturated heterocycles. The van der Waals surface area contributed by atoms with E-state index in [0.29, 0.717) is 56.6 Å². The molecule has 0 saturated carbocycles. The summed E-state index contributed by atoms with van der Waals surface area (Å²) in [5.41, 5.74) is 6.25. The van der Waals surface area contributed by atoms with Crippen LogP contribution in [-0.2, 0) is 16.0 Å². The number of nitrogens with zero attached hydrogens (tertiary/aromatic N) is 6. The van der Waals surface area contributed by atoms with Gasteiger partial charge in [-0.15, -0.1) is 0 Å². The predicted molar refractivity (Wildman–Crippen MR) is 149 cm³/mol. The maximum absolute atomic E-state index is 14.4. The first-order chi connectivity index (χ1) is 19.8. The summed E-state index contributed by atoms with van der Waals surface area (Å²) in [4.78, 5) is 25.2. The van der Waals surface area contributed by atoms with Crippen LogP contribution in [0.5, 0.6) is 0 Å². The summed E-state index contributed by atoms with van der Waals surface area (Å²) in [6, 6.07) is 2.24. The molecule has 6 aliphatic heterocycles. The maximum Gasteiger partial charge on any atom is 0.280 e. The number of carbonyl (C=O) groups excluding carboxylic acids is 1. The number of amides is 1. The van der Waals surface area contributed by atoms with Gasteiger partial charge >= 0.3 is 0 Å². The highest BCUT2D eigenvalue weighted by atomic mass is 19.3. The predicted octanol–water partition coefficient (Wildman–Crippen LogP) is 2.26. The zero-order chi connectivity index (χ0) is 28.5. The van der Waals surface area contributed by atoms with E-state index in [1.54, 1.807) is 0 Å². The summed E-state index contributed by atoms with van der Waals surface area (Å²) in [7, 11) is 0. The molecule has 0 aliphatic carbocycles. The molecule has 0 bridgehead atoms. The summed E-state index contributed by atoms with van der Waals surface area (Å²) < 4.78 is 48.8. The molecule has 7 rings (SSSR count). The molecule has 4 fully saturated rings. The van der Waals surface area contributed by atoms with E-state index in [4.69, 9.17) is 4.74 Å². The molecule has 1 spiro atoms. The van der Waals surface area contributed by atoms with Gasteiger partial charge in [0.15, 0.2) is 0 Å². The highest BCUT2D eigenvalue weighted by Gasteiger charge is 2.56. The third-order valence-corrected chi connectivity index (χ3v) is 9.96. The Morgan fingerprint density at radius 1 is 1.27 bits per heavy atom. The molecule has 3 unspecified atom stereocenters. The van der Waals surface area contributed by atoms with Crippen LogP contribution in [0.3, 0.4) is 0 Å². The van der Waals surface area contributed by atoms with Crippen LogP contribution < -0.4 is 15.2 Å². The molecule has 1 aromatic heterocycles. The number of rotatable bonds is 5. The number of anilines is 2. The number of nitrogens with one attached hydrogen (secondary N) is 1. The van der Waals surface area contributed by atoms with E-state index in [1.807, 2.05) is 27.8 Å². The lowest BCUT2D eigenvalue weighted by Gasteiger charge is -2.57. The molecule has 0 radical (unpaired) electrons. The van der Waals surface area contributed by atoms with Crippen molar-refractivity contribution in [2.75, 3.05) is 75.4 Å². The van der Waals surface area contributed by atoms with Gasteiger partial charge in [0, 0.05) is 68.7 Å². The Morgan fingerprint density at radius 2 is 2.05 bits per heavy atom. The Hall–Kier alpha value is -2.83. The second kappa shape index (κ2) is 10.2. The highest BCUT2D eigenvalue weighted by Crippen LogP contribution is 2.47. The summed E-state index contributed by atoms with van der Waals surface area (Å²) >= 11 is 0. The Morgan fingerprint density at radius 3 is 2.76 bits per heavy atom. The van der Waals surface area contributed by atoms with E-state index in [2.05, 4.69) is 26.8 Å². The van der Waals surface area contributed by atoms with Gasteiger partial charge in [-0.1, -0.05) is 6.58 Å². The Kier molecular flexibility index (Phi) is 6.70. The fourth-order valence-corrected chi connectivity index (χ4v) is 7.80. The molecular weight excluding hydrogens is 535 g/mol. The molecule has 1 aromatic rings. The zero-order valence-electron chi connectivity index (χ0n) is 23.5. The maximum atomic E-state index is 14.4. The number of aromatic nitrogens is 1. The summed E-state index contributed by atoms with van der Waals surface area (Å²) in [5.74, 6) is 0.525. The fraction of sp³-hybridized carbons (Fsp3) is 0.655. The van der Waals surface area contributed by atoms with Crippen molar-refractivity contribution in [3.05, 3.63) is 41.2 Å². The number of hydrogen-bond acceptors (Lipinski definition) is 8. The second-order valence-electron chi connectivity index (χ2n) is 12.2. The number of fused-ring (bicyclic) bond motifs is 5. The topological polar surface area (TPSA) is 67.4 Å². The standard InChI is InChI=1S/C29H38F3N7O2/c1-3-25(40)36-9-7-35(8-10-36)23-14-38-21(23)6-4-5-20-22(38)11-24(34-26(20)28(31)32)37-16-29(17-37)27-18(2)13-33-39(27)19(12-30)15-41-29/h3,11,19,21,23,28,33H,1,4-10,12-17H2,2H3. The van der Waals surface area contributed by atoms with Gasteiger partial charge in [-0.2, -0.15) is 0 Å². The van der Waals surface area contributed by atoms with Gasteiger partial charge in [-0.25, -0.2) is 23.6 Å². The number of alkyl halides is 3. The lowest BCUT2D eigenvalue weighted by Crippen LogP contribution is -2.71. The molecular formula is C29H38F3N7O2. The second-order valence-corrected chi connectivity index (χ2v) is 12.2. The third kappa shape index (κ3) is 4.24. The van der Waals surface area contributed by atoms with Crippen molar-refractivity contribution in [1.29, 1.82) is 0 Å². The van der Waals surface area contributed by atoms with Gasteiger partial charge in [0.05, 0.1) is 31.4 Å². The Balaban J connectivity index is 1.11. The number of carbonyl (C=O) groups is 1. The minimum atomic E-state index is -2.65. The number of halogens is 3. The van der Waals surface area contributed by atoms with Crippen molar-refractivity contribution >= 4 is 17.4 Å². The van der Waals surface area contributed by atoms with Crippen LogP contribution in [0, 0.1) is 0 Å². The average molecular weight is 574 g/mol. The van der Waals surface area contributed by atoms with E-state index < -0.39 is 18.7 Å². The third-order valence-electron chi connectivity index (χ3n) is 9.96. The van der Waals surface area contributed by atoms with E-state index in [0.717, 1.165) is 49.4 Å². The first-order valence-electron chi connectivity index (χ1n) is 14.8. The van der Waals surface area contributed by atoms with Gasteiger partial charge < -0.3 is 24.4 Å². The average Bonchev–Trinajstić information content (AvgIpc) is 3.28. The van der Waals surface area contributed by atoms with Crippen LogP contribution in [0.25, 0.3) is 0 Å². The number of morpholine rings is 1. The van der Waals surface area contributed by atoms with Crippen LogP contribution in [0.2, 0.25) is 0 Å². The molecule has 3 atom stereocenters. The van der Waals surface area contributed by atoms with Crippen LogP contribution in [0.4, 0.5) is 24.7 Å². The summed E-state index contributed by atoms with van der Waals surface area (Å²) in [6.45, 7) is 10.8. The van der Waals surface area contributed by atoms with E-state index >= 15 is 0 Å². The molecule has 1 N–H and O–H groups in total. The molecule has 41 heavy (non-hydrogen) atoms. The van der Waals surface area contributed by atoms with Crippen LogP contribution in [0.1, 0.15) is 37.4 Å². The Bertz CT molecular complexity index is 1260. The number of hydrogen-bond donors (Lipinski definition) is 1. The van der Waals surface area contributed by atoms with E-state index in [9.17, 15) is 18.0 Å². The zero-order valence-corrected chi connectivity index (χ0v) is 23.5. The molecule has 9 nitrogen and oxygen atoms in total. The minimum Gasteiger partial charge on any atom is -0.365 e. The lowest BCUT2D eigenvalue weighted by atomic mass is 9.85. The minimum absolute atomic E-state index is 0.0279. The van der Waals surface area contributed by atoms with Crippen LogP contribution in [0.15, 0.2) is 30.0 Å². The van der Waals surface area contributed by atoms with Crippen molar-refractivity contribution in [2.24, 2.45) is 0 Å². The first-order valence-corrected chi connectivity index (χ1v) is 14.8. The molecule has 222 valence electrons. The smallest absolute Gasteiger partial charge is 0.280 e. The quantitative estimate of drug-likeness (QED) is 0.539. The van der Waals surface area contributed by atoms with E-state index in [-0.39, 0.29) is 30.3 Å². The monoisotopic (exact) mass is 573 g/mol. The van der Waals surface area contributed by atoms with Gasteiger partial charge in [-0.3, -0.25) is 9.69 Å². The number of hydrazine groups is 1. The molecule has 7 heterocycles. The van der Waals surface area contributed by atoms with E-state index in [1.165, 1.54) is 6.08 Å². The van der Waals surface area contributed by atoms with Crippen molar-refractivity contribution in [2.45, 2.75) is 56.3 Å². The first kappa shape index (κ1) is 27.0. The largest absolute Gasteiger partial charge is 0.365 e. The SMILES string of the molecule is C=CC(=O)N1CCN(C2CN3c4cc(N5CC6(C5)OCC(CF)N5NCC(C)=C56)nc(C(F)F)c4CCCC23)CC1. The molecule has 0 aromatic carbocycles. The number of piperazine rings is 1. The molecule has 1 amide bonds. The summed E-state index contributed by atoms with van der Waals surface area (Å²) in [6.07, 6.45) is 1.09.